The predicted molar refractivity (Wildman–Crippen MR) is 141 cm³/mol. The minimum Gasteiger partial charge on any atom is -0.494 e. The van der Waals surface area contributed by atoms with Gasteiger partial charge in [0.2, 0.25) is 0 Å². The molecule has 0 aliphatic carbocycles. The highest BCUT2D eigenvalue weighted by Gasteiger charge is 2.12. The molecular formula is C27H50NO4P. The second-order valence-corrected chi connectivity index (χ2v) is 11.3. The molecule has 4 N–H and O–H groups in total. The zero-order valence-electron chi connectivity index (χ0n) is 21.1. The first kappa shape index (κ1) is 30.0. The summed E-state index contributed by atoms with van der Waals surface area (Å²) in [7, 11) is -3.94. The Labute approximate surface area is 203 Å². The summed E-state index contributed by atoms with van der Waals surface area (Å²) in [5.41, 5.74) is 7.54. The Hall–Kier alpha value is -1.03. The standard InChI is InChI=1S/C27H50NO4P/c1-2-3-4-5-6-7-8-9-10-11-12-13-14-15-16-17-20-32-27-23-25(22-26(28)24-27)19-18-21-33(29,30)31/h22-24H,2-21,28H2,1H3,(H2,29,30,31). The van der Waals surface area contributed by atoms with Crippen LogP contribution in [0.25, 0.3) is 0 Å². The van der Waals surface area contributed by atoms with Gasteiger partial charge in [0, 0.05) is 11.8 Å². The van der Waals surface area contributed by atoms with Gasteiger partial charge < -0.3 is 20.3 Å². The van der Waals surface area contributed by atoms with Crippen molar-refractivity contribution in [3.8, 4) is 5.75 Å². The first-order valence-corrected chi connectivity index (χ1v) is 15.3. The minimum absolute atomic E-state index is 0.100. The Morgan fingerprint density at radius 3 is 1.70 bits per heavy atom. The van der Waals surface area contributed by atoms with Crippen LogP contribution in [0.15, 0.2) is 18.2 Å². The van der Waals surface area contributed by atoms with Crippen LogP contribution in [0, 0.1) is 0 Å². The van der Waals surface area contributed by atoms with Gasteiger partial charge in [-0.3, -0.25) is 4.57 Å². The summed E-state index contributed by atoms with van der Waals surface area (Å²) in [4.78, 5) is 18.0. The zero-order valence-corrected chi connectivity index (χ0v) is 22.0. The number of nitrogen functional groups attached to an aromatic ring is 1. The number of aryl methyl sites for hydroxylation is 1. The largest absolute Gasteiger partial charge is 0.494 e. The number of rotatable bonds is 22. The molecule has 0 fully saturated rings. The molecule has 0 bridgehead atoms. The van der Waals surface area contributed by atoms with Gasteiger partial charge in [-0.1, -0.05) is 103 Å². The number of nitrogens with two attached hydrogens (primary N) is 1. The lowest BCUT2D eigenvalue weighted by Crippen LogP contribution is -2.00. The normalized spacial score (nSPS) is 11.7. The molecule has 0 heterocycles. The molecule has 192 valence electrons. The van der Waals surface area contributed by atoms with E-state index < -0.39 is 7.60 Å². The predicted octanol–water partition coefficient (Wildman–Crippen LogP) is 8.02. The highest BCUT2D eigenvalue weighted by molar-refractivity contribution is 7.51. The maximum absolute atomic E-state index is 11.0. The smallest absolute Gasteiger partial charge is 0.325 e. The fourth-order valence-corrected chi connectivity index (χ4v) is 4.81. The first-order valence-electron chi connectivity index (χ1n) is 13.5. The molecule has 33 heavy (non-hydrogen) atoms. The number of ether oxygens (including phenoxy) is 1. The van der Waals surface area contributed by atoms with Gasteiger partial charge in [-0.15, -0.1) is 0 Å². The van der Waals surface area contributed by atoms with E-state index >= 15 is 0 Å². The van der Waals surface area contributed by atoms with Gasteiger partial charge in [-0.25, -0.2) is 0 Å². The fraction of sp³-hybridized carbons (Fsp3) is 0.778. The van der Waals surface area contributed by atoms with Crippen molar-refractivity contribution >= 4 is 13.3 Å². The summed E-state index contributed by atoms with van der Waals surface area (Å²) >= 11 is 0. The summed E-state index contributed by atoms with van der Waals surface area (Å²) in [6.07, 6.45) is 22.6. The van der Waals surface area contributed by atoms with E-state index in [1.165, 1.54) is 96.3 Å². The number of unbranched alkanes of at least 4 members (excludes halogenated alkanes) is 15. The van der Waals surface area contributed by atoms with Crippen molar-refractivity contribution < 1.29 is 19.1 Å². The molecule has 6 heteroatoms. The van der Waals surface area contributed by atoms with Crippen LogP contribution in [-0.2, 0) is 11.0 Å². The number of hydrogen-bond donors (Lipinski definition) is 3. The van der Waals surface area contributed by atoms with Gasteiger partial charge in [0.25, 0.3) is 0 Å². The Morgan fingerprint density at radius 1 is 0.727 bits per heavy atom. The summed E-state index contributed by atoms with van der Waals surface area (Å²) in [6.45, 7) is 2.96. The van der Waals surface area contributed by atoms with Crippen molar-refractivity contribution in [2.45, 2.75) is 122 Å². The van der Waals surface area contributed by atoms with E-state index in [0.29, 0.717) is 25.1 Å². The van der Waals surface area contributed by atoms with Crippen LogP contribution in [0.4, 0.5) is 5.69 Å². The molecule has 0 aliphatic heterocycles. The van der Waals surface area contributed by atoms with E-state index in [2.05, 4.69) is 6.92 Å². The number of hydrogen-bond acceptors (Lipinski definition) is 3. The van der Waals surface area contributed by atoms with E-state index in [-0.39, 0.29) is 6.16 Å². The van der Waals surface area contributed by atoms with Gasteiger partial charge in [-0.05, 0) is 37.0 Å². The molecule has 0 aliphatic rings. The molecule has 5 nitrogen and oxygen atoms in total. The summed E-state index contributed by atoms with van der Waals surface area (Å²) in [5.74, 6) is 0.752. The molecular weight excluding hydrogens is 433 g/mol. The van der Waals surface area contributed by atoms with Crippen molar-refractivity contribution in [1.82, 2.24) is 0 Å². The quantitative estimate of drug-likeness (QED) is 0.0882. The van der Waals surface area contributed by atoms with Gasteiger partial charge in [0.1, 0.15) is 5.75 Å². The van der Waals surface area contributed by atoms with Crippen LogP contribution < -0.4 is 10.5 Å². The third kappa shape index (κ3) is 19.0. The lowest BCUT2D eigenvalue weighted by Gasteiger charge is -2.10. The molecule has 0 saturated carbocycles. The fourth-order valence-electron chi connectivity index (χ4n) is 4.24. The Kier molecular flexibility index (Phi) is 17.5. The van der Waals surface area contributed by atoms with Crippen LogP contribution in [0.3, 0.4) is 0 Å². The second kappa shape index (κ2) is 19.3. The average molecular weight is 484 g/mol. The topological polar surface area (TPSA) is 92.8 Å². The summed E-state index contributed by atoms with van der Waals surface area (Å²) in [6, 6.07) is 5.60. The van der Waals surface area contributed by atoms with Crippen molar-refractivity contribution in [3.05, 3.63) is 23.8 Å². The van der Waals surface area contributed by atoms with Gasteiger partial charge in [-0.2, -0.15) is 0 Å². The van der Waals surface area contributed by atoms with Crippen molar-refractivity contribution in [1.29, 1.82) is 0 Å². The minimum atomic E-state index is -3.94. The summed E-state index contributed by atoms with van der Waals surface area (Å²) < 4.78 is 16.8. The van der Waals surface area contributed by atoms with Crippen molar-refractivity contribution in [2.24, 2.45) is 0 Å². The lowest BCUT2D eigenvalue weighted by molar-refractivity contribution is 0.304. The van der Waals surface area contributed by atoms with Crippen LogP contribution in [0.1, 0.15) is 122 Å². The molecule has 0 amide bonds. The Balaban J connectivity index is 1.96. The SMILES string of the molecule is CCCCCCCCCCCCCCCCCCOc1cc(N)cc(CCCP(=O)(O)O)c1. The van der Waals surface area contributed by atoms with Gasteiger partial charge >= 0.3 is 7.60 Å². The maximum Gasteiger partial charge on any atom is 0.325 e. The third-order valence-corrected chi connectivity index (χ3v) is 7.07. The monoisotopic (exact) mass is 483 g/mol. The van der Waals surface area contributed by atoms with E-state index in [9.17, 15) is 4.57 Å². The van der Waals surface area contributed by atoms with E-state index in [4.69, 9.17) is 20.3 Å². The van der Waals surface area contributed by atoms with Gasteiger partial charge in [0.05, 0.1) is 12.8 Å². The average Bonchev–Trinajstić information content (AvgIpc) is 2.74. The Morgan fingerprint density at radius 2 is 1.21 bits per heavy atom. The van der Waals surface area contributed by atoms with Crippen LogP contribution in [0.5, 0.6) is 5.75 Å². The lowest BCUT2D eigenvalue weighted by atomic mass is 10.0. The first-order chi connectivity index (χ1) is 15.9. The molecule has 0 spiro atoms. The molecule has 1 aromatic carbocycles. The zero-order chi connectivity index (χ0) is 24.2. The highest BCUT2D eigenvalue weighted by Crippen LogP contribution is 2.35. The maximum atomic E-state index is 11.0. The molecule has 0 unspecified atom stereocenters. The third-order valence-electron chi connectivity index (χ3n) is 6.17. The number of benzene rings is 1. The van der Waals surface area contributed by atoms with E-state index in [1.54, 1.807) is 0 Å². The van der Waals surface area contributed by atoms with E-state index in [0.717, 1.165) is 17.7 Å². The highest BCUT2D eigenvalue weighted by atomic mass is 31.2. The Bertz CT molecular complexity index is 647. The molecule has 0 radical (unpaired) electrons. The van der Waals surface area contributed by atoms with Crippen molar-refractivity contribution in [2.75, 3.05) is 18.5 Å². The molecule has 0 saturated heterocycles. The van der Waals surface area contributed by atoms with Gasteiger partial charge in [0.15, 0.2) is 0 Å². The van der Waals surface area contributed by atoms with Crippen LogP contribution in [-0.4, -0.2) is 22.6 Å². The molecule has 0 aromatic heterocycles. The van der Waals surface area contributed by atoms with Crippen LogP contribution in [0.2, 0.25) is 0 Å². The number of anilines is 1. The molecule has 0 atom stereocenters. The second-order valence-electron chi connectivity index (χ2n) is 9.55. The van der Waals surface area contributed by atoms with E-state index in [1.807, 2.05) is 18.2 Å². The molecule has 1 aromatic rings. The summed E-state index contributed by atoms with van der Waals surface area (Å²) in [5, 5.41) is 0. The molecule has 1 rings (SSSR count). The van der Waals surface area contributed by atoms with Crippen molar-refractivity contribution in [3.63, 3.8) is 0 Å². The van der Waals surface area contributed by atoms with Crippen LogP contribution >= 0.6 is 7.60 Å².